The van der Waals surface area contributed by atoms with Gasteiger partial charge in [-0.2, -0.15) is 0 Å². The number of hydrogen-bond acceptors (Lipinski definition) is 1. The van der Waals surface area contributed by atoms with E-state index < -0.39 is 0 Å². The fourth-order valence-corrected chi connectivity index (χ4v) is 1.55. The first-order valence-electron chi connectivity index (χ1n) is 4.78. The summed E-state index contributed by atoms with van der Waals surface area (Å²) in [5.74, 6) is 0.114. The number of hydrogen-bond donors (Lipinski definition) is 0. The van der Waals surface area contributed by atoms with Gasteiger partial charge in [0.15, 0.2) is 5.78 Å². The molecule has 0 bridgehead atoms. The topological polar surface area (TPSA) is 17.1 Å². The Morgan fingerprint density at radius 3 is 2.85 bits per heavy atom. The first kappa shape index (κ1) is 9.97. The zero-order valence-electron chi connectivity index (χ0n) is 8.01. The highest BCUT2D eigenvalue weighted by molar-refractivity contribution is 5.99. The van der Waals surface area contributed by atoms with Gasteiger partial charge in [-0.15, -0.1) is 6.58 Å². The van der Waals surface area contributed by atoms with E-state index in [1.165, 1.54) is 12.8 Å². The summed E-state index contributed by atoms with van der Waals surface area (Å²) in [5.41, 5.74) is 1.85. The maximum atomic E-state index is 11.4. The molecule has 1 aliphatic carbocycles. The Balaban J connectivity index is 2.60. The number of carbonyl (C=O) groups is 1. The monoisotopic (exact) mass is 176 g/mol. The number of Topliss-reactive ketones (excluding diaryl/α,β-unsaturated/α-hetero) is 1. The van der Waals surface area contributed by atoms with E-state index in [-0.39, 0.29) is 5.78 Å². The van der Waals surface area contributed by atoms with E-state index in [2.05, 4.69) is 19.2 Å². The second-order valence-electron chi connectivity index (χ2n) is 3.37. The van der Waals surface area contributed by atoms with Crippen LogP contribution in [0.3, 0.4) is 0 Å². The number of carbonyl (C=O) groups excluding carboxylic acids is 1. The smallest absolute Gasteiger partial charge is 0.166 e. The maximum absolute atomic E-state index is 11.4. The van der Waals surface area contributed by atoms with Gasteiger partial charge in [-0.25, -0.2) is 0 Å². The summed E-state index contributed by atoms with van der Waals surface area (Å²) in [7, 11) is 0. The second kappa shape index (κ2) is 4.80. The normalized spacial score (nSPS) is 16.2. The molecule has 1 rings (SSSR count). The molecule has 13 heavy (non-hydrogen) atoms. The first-order valence-corrected chi connectivity index (χ1v) is 4.78. The average Bonchev–Trinajstić information content (AvgIpc) is 2.18. The van der Waals surface area contributed by atoms with Crippen LogP contribution in [0.4, 0.5) is 0 Å². The highest BCUT2D eigenvalue weighted by Gasteiger charge is 2.12. The molecule has 0 saturated carbocycles. The average molecular weight is 176 g/mol. The van der Waals surface area contributed by atoms with Crippen LogP contribution < -0.4 is 0 Å². The van der Waals surface area contributed by atoms with E-state index in [4.69, 9.17) is 0 Å². The van der Waals surface area contributed by atoms with Crippen molar-refractivity contribution in [3.05, 3.63) is 36.5 Å². The highest BCUT2D eigenvalue weighted by atomic mass is 16.1. The van der Waals surface area contributed by atoms with Crippen molar-refractivity contribution >= 4 is 5.78 Å². The van der Waals surface area contributed by atoms with Gasteiger partial charge in [0.25, 0.3) is 0 Å². The molecule has 0 heterocycles. The zero-order valence-corrected chi connectivity index (χ0v) is 8.01. The number of allylic oxidation sites excluding steroid dienone is 4. The third-order valence-corrected chi connectivity index (χ3v) is 2.34. The lowest BCUT2D eigenvalue weighted by Gasteiger charge is -2.13. The van der Waals surface area contributed by atoms with Gasteiger partial charge < -0.3 is 0 Å². The van der Waals surface area contributed by atoms with Gasteiger partial charge >= 0.3 is 0 Å². The van der Waals surface area contributed by atoms with Gasteiger partial charge in [0, 0.05) is 12.0 Å². The van der Waals surface area contributed by atoms with Crippen molar-refractivity contribution in [1.29, 1.82) is 0 Å². The van der Waals surface area contributed by atoms with Gasteiger partial charge in [0.1, 0.15) is 0 Å². The van der Waals surface area contributed by atoms with Crippen LogP contribution in [0.1, 0.15) is 32.1 Å². The Morgan fingerprint density at radius 2 is 2.31 bits per heavy atom. The molecule has 1 heteroatoms. The lowest BCUT2D eigenvalue weighted by Crippen LogP contribution is -2.04. The van der Waals surface area contributed by atoms with E-state index in [0.29, 0.717) is 12.0 Å². The SMILES string of the molecule is C=CCC(=O)C(=C)C1=CCCCC1. The lowest BCUT2D eigenvalue weighted by molar-refractivity contribution is -0.114. The molecule has 1 aliphatic rings. The van der Waals surface area contributed by atoms with Gasteiger partial charge in [-0.1, -0.05) is 18.7 Å². The van der Waals surface area contributed by atoms with E-state index in [0.717, 1.165) is 18.4 Å². The van der Waals surface area contributed by atoms with Crippen LogP contribution in [0.25, 0.3) is 0 Å². The van der Waals surface area contributed by atoms with Crippen molar-refractivity contribution in [3.63, 3.8) is 0 Å². The molecule has 0 N–H and O–H groups in total. The standard InChI is InChI=1S/C12H16O/c1-3-7-12(13)10(2)11-8-5-4-6-9-11/h3,8H,1-2,4-7,9H2. The summed E-state index contributed by atoms with van der Waals surface area (Å²) >= 11 is 0. The van der Waals surface area contributed by atoms with Gasteiger partial charge in [-0.3, -0.25) is 4.79 Å². The third-order valence-electron chi connectivity index (χ3n) is 2.34. The molecule has 0 fully saturated rings. The van der Waals surface area contributed by atoms with Crippen LogP contribution in [-0.2, 0) is 4.79 Å². The Morgan fingerprint density at radius 1 is 1.54 bits per heavy atom. The van der Waals surface area contributed by atoms with Crippen LogP contribution in [0.15, 0.2) is 36.5 Å². The Hall–Kier alpha value is -1.11. The minimum atomic E-state index is 0.114. The summed E-state index contributed by atoms with van der Waals surface area (Å²) in [5, 5.41) is 0. The van der Waals surface area contributed by atoms with Crippen molar-refractivity contribution < 1.29 is 4.79 Å². The summed E-state index contributed by atoms with van der Waals surface area (Å²) in [6, 6.07) is 0. The molecule has 0 aromatic rings. The molecule has 0 atom stereocenters. The van der Waals surface area contributed by atoms with Crippen LogP contribution in [0.5, 0.6) is 0 Å². The zero-order chi connectivity index (χ0) is 9.68. The molecule has 0 aromatic carbocycles. The molecular weight excluding hydrogens is 160 g/mol. The Kier molecular flexibility index (Phi) is 3.69. The van der Waals surface area contributed by atoms with E-state index in [1.54, 1.807) is 6.08 Å². The molecule has 0 aliphatic heterocycles. The summed E-state index contributed by atoms with van der Waals surface area (Å²) < 4.78 is 0. The maximum Gasteiger partial charge on any atom is 0.166 e. The molecule has 0 amide bonds. The summed E-state index contributed by atoms with van der Waals surface area (Å²) in [4.78, 5) is 11.4. The van der Waals surface area contributed by atoms with Crippen molar-refractivity contribution in [2.24, 2.45) is 0 Å². The quantitative estimate of drug-likeness (QED) is 0.475. The number of ketones is 1. The van der Waals surface area contributed by atoms with Crippen molar-refractivity contribution in [2.45, 2.75) is 32.1 Å². The fourth-order valence-electron chi connectivity index (χ4n) is 1.55. The first-order chi connectivity index (χ1) is 6.25. The molecule has 0 aromatic heterocycles. The van der Waals surface area contributed by atoms with Crippen molar-refractivity contribution in [1.82, 2.24) is 0 Å². The molecule has 1 nitrogen and oxygen atoms in total. The lowest BCUT2D eigenvalue weighted by atomic mass is 9.91. The largest absolute Gasteiger partial charge is 0.294 e. The minimum absolute atomic E-state index is 0.114. The molecular formula is C12H16O. The molecule has 0 saturated heterocycles. The van der Waals surface area contributed by atoms with Crippen LogP contribution in [0, 0.1) is 0 Å². The van der Waals surface area contributed by atoms with Crippen molar-refractivity contribution in [2.75, 3.05) is 0 Å². The molecule has 70 valence electrons. The van der Waals surface area contributed by atoms with Gasteiger partial charge in [0.05, 0.1) is 0 Å². The summed E-state index contributed by atoms with van der Waals surface area (Å²) in [6.45, 7) is 7.38. The van der Waals surface area contributed by atoms with E-state index >= 15 is 0 Å². The van der Waals surface area contributed by atoms with Crippen LogP contribution in [0.2, 0.25) is 0 Å². The molecule has 0 unspecified atom stereocenters. The Bertz CT molecular complexity index is 258. The predicted molar refractivity (Wildman–Crippen MR) is 55.5 cm³/mol. The van der Waals surface area contributed by atoms with Crippen LogP contribution >= 0.6 is 0 Å². The fraction of sp³-hybridized carbons (Fsp3) is 0.417. The highest BCUT2D eigenvalue weighted by Crippen LogP contribution is 2.23. The predicted octanol–water partition coefficient (Wildman–Crippen LogP) is 3.19. The molecule has 0 radical (unpaired) electrons. The van der Waals surface area contributed by atoms with Crippen molar-refractivity contribution in [3.8, 4) is 0 Å². The van der Waals surface area contributed by atoms with E-state index in [9.17, 15) is 4.79 Å². The minimum Gasteiger partial charge on any atom is -0.294 e. The number of rotatable bonds is 4. The summed E-state index contributed by atoms with van der Waals surface area (Å²) in [6.07, 6.45) is 8.73. The van der Waals surface area contributed by atoms with Crippen LogP contribution in [-0.4, -0.2) is 5.78 Å². The van der Waals surface area contributed by atoms with E-state index in [1.807, 2.05) is 0 Å². The third kappa shape index (κ3) is 2.69. The van der Waals surface area contributed by atoms with Gasteiger partial charge in [-0.05, 0) is 31.3 Å². The molecule has 0 spiro atoms. The van der Waals surface area contributed by atoms with Gasteiger partial charge in [0.2, 0.25) is 0 Å². The second-order valence-corrected chi connectivity index (χ2v) is 3.37. The Labute approximate surface area is 79.8 Å².